The third-order valence-corrected chi connectivity index (χ3v) is 5.74. The summed E-state index contributed by atoms with van der Waals surface area (Å²) in [6.45, 7) is 2.32. The number of hydrogen-bond donors (Lipinski definition) is 3. The van der Waals surface area contributed by atoms with Crippen LogP contribution in [0.5, 0.6) is 0 Å². The number of benzene rings is 1. The molecular weight excluding hydrogens is 420 g/mol. The first-order chi connectivity index (χ1) is 15.0. The van der Waals surface area contributed by atoms with Gasteiger partial charge in [-0.15, -0.1) is 0 Å². The minimum absolute atomic E-state index is 0.0166. The van der Waals surface area contributed by atoms with Crippen molar-refractivity contribution < 1.29 is 33.9 Å². The fraction of sp³-hybridized carbons (Fsp3) is 0.429. The Hall–Kier alpha value is -3.60. The van der Waals surface area contributed by atoms with E-state index >= 15 is 0 Å². The van der Waals surface area contributed by atoms with Crippen LogP contribution < -0.4 is 11.1 Å². The van der Waals surface area contributed by atoms with Crippen LogP contribution in [0, 0.1) is 0 Å². The van der Waals surface area contributed by atoms with Crippen LogP contribution in [-0.2, 0) is 19.2 Å². The maximum absolute atomic E-state index is 13.1. The number of amides is 5. The minimum atomic E-state index is -1.78. The zero-order valence-corrected chi connectivity index (χ0v) is 17.7. The van der Waals surface area contributed by atoms with Crippen LogP contribution in [0.2, 0.25) is 0 Å². The number of imide groups is 2. The van der Waals surface area contributed by atoms with Gasteiger partial charge in [-0.25, -0.2) is 4.79 Å². The Morgan fingerprint density at radius 1 is 1.19 bits per heavy atom. The third-order valence-electron chi connectivity index (χ3n) is 5.74. The number of nitrogens with zero attached hydrogens (tertiary/aromatic N) is 2. The molecule has 2 heterocycles. The van der Waals surface area contributed by atoms with Crippen molar-refractivity contribution >= 4 is 35.5 Å². The van der Waals surface area contributed by atoms with Crippen LogP contribution in [0.1, 0.15) is 53.8 Å². The van der Waals surface area contributed by atoms with Crippen molar-refractivity contribution in [3.05, 3.63) is 35.4 Å². The number of rotatable bonds is 7. The molecule has 3 rings (SSSR count). The summed E-state index contributed by atoms with van der Waals surface area (Å²) in [4.78, 5) is 76.4. The second-order valence-electron chi connectivity index (χ2n) is 8.13. The standard InChI is InChI=1S/C21H24N4O7/c1-11(22)16(27)23-21(2,20(31)32)9-10-24-15(26)8-7-14(19(24)30)25-17(28)12-5-3-4-6-13(12)18(25)29/h3-6,11,14H,7-10,22H2,1-2H3,(H,23,27)(H,31,32)/t11?,14?,21-/m0/s1. The minimum Gasteiger partial charge on any atom is -0.480 e. The lowest BCUT2D eigenvalue weighted by Gasteiger charge is -2.36. The van der Waals surface area contributed by atoms with Crippen molar-refractivity contribution in [2.24, 2.45) is 5.73 Å². The molecule has 1 fully saturated rings. The van der Waals surface area contributed by atoms with E-state index in [4.69, 9.17) is 5.73 Å². The summed E-state index contributed by atoms with van der Waals surface area (Å²) in [6, 6.07) is 4.07. The summed E-state index contributed by atoms with van der Waals surface area (Å²) in [7, 11) is 0. The van der Waals surface area contributed by atoms with Gasteiger partial charge >= 0.3 is 5.97 Å². The summed E-state index contributed by atoms with van der Waals surface area (Å²) in [5.74, 6) is -4.60. The maximum atomic E-state index is 13.1. The molecule has 0 bridgehead atoms. The molecule has 1 saturated heterocycles. The molecule has 5 amide bonds. The largest absolute Gasteiger partial charge is 0.480 e. The van der Waals surface area contributed by atoms with Gasteiger partial charge in [0, 0.05) is 13.0 Å². The average Bonchev–Trinajstić information content (AvgIpc) is 2.98. The van der Waals surface area contributed by atoms with E-state index in [1.54, 1.807) is 12.1 Å². The quantitative estimate of drug-likeness (QED) is 0.473. The van der Waals surface area contributed by atoms with Gasteiger partial charge in [0.25, 0.3) is 17.7 Å². The van der Waals surface area contributed by atoms with E-state index in [1.165, 1.54) is 26.0 Å². The SMILES string of the molecule is CC(N)C(=O)N[C@@](C)(CCN1C(=O)CCC(N2C(=O)c3ccccc3C2=O)C1=O)C(=O)O. The number of carboxylic acid groups (broad SMARTS) is 1. The number of likely N-dealkylation sites (tertiary alicyclic amines) is 1. The van der Waals surface area contributed by atoms with Crippen LogP contribution >= 0.6 is 0 Å². The summed E-state index contributed by atoms with van der Waals surface area (Å²) in [6.07, 6.45) is -0.399. The first kappa shape index (κ1) is 23.1. The molecule has 170 valence electrons. The number of piperidine rings is 1. The molecular formula is C21H24N4O7. The molecule has 0 saturated carbocycles. The normalized spacial score (nSPS) is 21.3. The van der Waals surface area contributed by atoms with Gasteiger partial charge < -0.3 is 16.2 Å². The number of hydrogen-bond acceptors (Lipinski definition) is 7. The molecule has 2 aliphatic rings. The van der Waals surface area contributed by atoms with Gasteiger partial charge in [-0.3, -0.25) is 33.8 Å². The lowest BCUT2D eigenvalue weighted by atomic mass is 9.95. The van der Waals surface area contributed by atoms with Crippen LogP contribution in [0.3, 0.4) is 0 Å². The first-order valence-electron chi connectivity index (χ1n) is 10.1. The van der Waals surface area contributed by atoms with E-state index in [2.05, 4.69) is 5.32 Å². The molecule has 11 heteroatoms. The van der Waals surface area contributed by atoms with E-state index < -0.39 is 53.1 Å². The fourth-order valence-electron chi connectivity index (χ4n) is 3.73. The summed E-state index contributed by atoms with van der Waals surface area (Å²) < 4.78 is 0. The molecule has 2 aliphatic heterocycles. The fourth-order valence-corrected chi connectivity index (χ4v) is 3.73. The van der Waals surface area contributed by atoms with Crippen LogP contribution in [0.4, 0.5) is 0 Å². The van der Waals surface area contributed by atoms with E-state index in [-0.39, 0.29) is 36.9 Å². The molecule has 0 radical (unpaired) electrons. The van der Waals surface area contributed by atoms with Gasteiger partial charge in [0.1, 0.15) is 11.6 Å². The zero-order chi connectivity index (χ0) is 23.8. The van der Waals surface area contributed by atoms with Crippen LogP contribution in [0.25, 0.3) is 0 Å². The summed E-state index contributed by atoms with van der Waals surface area (Å²) in [5.41, 5.74) is 4.07. The lowest BCUT2D eigenvalue weighted by molar-refractivity contribution is -0.154. The molecule has 11 nitrogen and oxygen atoms in total. The second-order valence-corrected chi connectivity index (χ2v) is 8.13. The maximum Gasteiger partial charge on any atom is 0.329 e. The number of carboxylic acids is 1. The third kappa shape index (κ3) is 3.98. The summed E-state index contributed by atoms with van der Waals surface area (Å²) >= 11 is 0. The number of nitrogens with two attached hydrogens (primary N) is 1. The monoisotopic (exact) mass is 444 g/mol. The summed E-state index contributed by atoms with van der Waals surface area (Å²) in [5, 5.41) is 11.9. The van der Waals surface area contributed by atoms with Gasteiger partial charge in [0.05, 0.1) is 17.2 Å². The number of nitrogens with one attached hydrogen (secondary N) is 1. The van der Waals surface area contributed by atoms with Crippen molar-refractivity contribution in [3.8, 4) is 0 Å². The zero-order valence-electron chi connectivity index (χ0n) is 17.7. The number of carbonyl (C=O) groups excluding carboxylic acids is 5. The van der Waals surface area contributed by atoms with Gasteiger partial charge in [0.2, 0.25) is 11.8 Å². The van der Waals surface area contributed by atoms with Crippen molar-refractivity contribution in [2.45, 2.75) is 50.7 Å². The predicted octanol–water partition coefficient (Wildman–Crippen LogP) is -0.503. The molecule has 1 aromatic rings. The smallest absolute Gasteiger partial charge is 0.329 e. The molecule has 0 aromatic heterocycles. The van der Waals surface area contributed by atoms with Gasteiger partial charge in [-0.2, -0.15) is 0 Å². The lowest BCUT2D eigenvalue weighted by Crippen LogP contribution is -2.59. The van der Waals surface area contributed by atoms with Gasteiger partial charge in [-0.05, 0) is 38.8 Å². The van der Waals surface area contributed by atoms with Crippen LogP contribution in [0.15, 0.2) is 24.3 Å². The Morgan fingerprint density at radius 2 is 1.75 bits per heavy atom. The molecule has 3 atom stereocenters. The van der Waals surface area contributed by atoms with E-state index in [0.29, 0.717) is 0 Å². The highest BCUT2D eigenvalue weighted by Crippen LogP contribution is 2.29. The molecule has 1 aromatic carbocycles. The van der Waals surface area contributed by atoms with Gasteiger partial charge in [0.15, 0.2) is 0 Å². The highest BCUT2D eigenvalue weighted by molar-refractivity contribution is 6.23. The van der Waals surface area contributed by atoms with E-state index in [1.807, 2.05) is 0 Å². The molecule has 4 N–H and O–H groups in total. The van der Waals surface area contributed by atoms with E-state index in [0.717, 1.165) is 9.80 Å². The number of fused-ring (bicyclic) bond motifs is 1. The molecule has 32 heavy (non-hydrogen) atoms. The Morgan fingerprint density at radius 3 is 2.25 bits per heavy atom. The Bertz CT molecular complexity index is 986. The number of carbonyl (C=O) groups is 6. The Balaban J connectivity index is 1.78. The highest BCUT2D eigenvalue weighted by Gasteiger charge is 2.47. The number of aliphatic carboxylic acids is 1. The highest BCUT2D eigenvalue weighted by atomic mass is 16.4. The predicted molar refractivity (Wildman–Crippen MR) is 109 cm³/mol. The molecule has 0 spiro atoms. The topological polar surface area (TPSA) is 167 Å². The first-order valence-corrected chi connectivity index (χ1v) is 10.1. The Kier molecular flexibility index (Phi) is 6.13. The molecule has 0 aliphatic carbocycles. The second kappa shape index (κ2) is 8.50. The average molecular weight is 444 g/mol. The van der Waals surface area contributed by atoms with Crippen molar-refractivity contribution in [2.75, 3.05) is 6.54 Å². The van der Waals surface area contributed by atoms with Crippen molar-refractivity contribution in [1.29, 1.82) is 0 Å². The van der Waals surface area contributed by atoms with Crippen molar-refractivity contribution in [3.63, 3.8) is 0 Å². The van der Waals surface area contributed by atoms with Crippen molar-refractivity contribution in [1.82, 2.24) is 15.1 Å². The van der Waals surface area contributed by atoms with Gasteiger partial charge in [-0.1, -0.05) is 12.1 Å². The van der Waals surface area contributed by atoms with E-state index in [9.17, 15) is 33.9 Å². The Labute approximate surface area is 183 Å². The van der Waals surface area contributed by atoms with Crippen LogP contribution in [-0.4, -0.2) is 74.6 Å². The molecule has 2 unspecified atom stereocenters.